The number of fused-ring (bicyclic) bond motifs is 1. The number of nitrogens with one attached hydrogen (secondary N) is 1. The Morgan fingerprint density at radius 1 is 1.04 bits per heavy atom. The first-order chi connectivity index (χ1) is 12.7. The lowest BCUT2D eigenvalue weighted by molar-refractivity contribution is -0.132. The molecular formula is C22H23ClN2O. The van der Waals surface area contributed by atoms with Gasteiger partial charge in [0.05, 0.1) is 0 Å². The third-order valence-electron chi connectivity index (χ3n) is 5.36. The maximum Gasteiger partial charge on any atom is 0.223 e. The van der Waals surface area contributed by atoms with Crippen LogP contribution in [0.3, 0.4) is 0 Å². The van der Waals surface area contributed by atoms with Gasteiger partial charge in [-0.1, -0.05) is 41.9 Å². The Balaban J connectivity index is 1.69. The van der Waals surface area contributed by atoms with E-state index in [-0.39, 0.29) is 11.8 Å². The minimum absolute atomic E-state index is 0.0258. The molecule has 1 saturated heterocycles. The average molecular weight is 367 g/mol. The second kappa shape index (κ2) is 7.55. The van der Waals surface area contributed by atoms with Crippen LogP contribution in [0.15, 0.2) is 54.7 Å². The fourth-order valence-electron chi connectivity index (χ4n) is 3.93. The minimum atomic E-state index is 0.0258. The van der Waals surface area contributed by atoms with E-state index in [4.69, 9.17) is 11.6 Å². The van der Waals surface area contributed by atoms with Crippen LogP contribution < -0.4 is 0 Å². The third kappa shape index (κ3) is 3.49. The SMILES string of the molecule is O=C(CC(c1ccc(Cl)cc1)c1c[nH]c2ccccc12)N1CCCCC1. The largest absolute Gasteiger partial charge is 0.361 e. The van der Waals surface area contributed by atoms with E-state index < -0.39 is 0 Å². The van der Waals surface area contributed by atoms with Gasteiger partial charge in [-0.2, -0.15) is 0 Å². The smallest absolute Gasteiger partial charge is 0.223 e. The Kier molecular flexibility index (Phi) is 4.98. The molecule has 4 heteroatoms. The summed E-state index contributed by atoms with van der Waals surface area (Å²) in [5.41, 5.74) is 3.41. The van der Waals surface area contributed by atoms with Crippen LogP contribution in [-0.2, 0) is 4.79 Å². The van der Waals surface area contributed by atoms with Crippen molar-refractivity contribution in [2.75, 3.05) is 13.1 Å². The summed E-state index contributed by atoms with van der Waals surface area (Å²) in [6.45, 7) is 1.78. The number of aromatic nitrogens is 1. The third-order valence-corrected chi connectivity index (χ3v) is 5.61. The van der Waals surface area contributed by atoms with Crippen molar-refractivity contribution < 1.29 is 4.79 Å². The quantitative estimate of drug-likeness (QED) is 0.663. The van der Waals surface area contributed by atoms with Gasteiger partial charge in [0.2, 0.25) is 5.91 Å². The number of aromatic amines is 1. The molecule has 1 amide bonds. The van der Waals surface area contributed by atoms with Crippen LogP contribution in [0.2, 0.25) is 5.02 Å². The molecule has 1 aliphatic heterocycles. The van der Waals surface area contributed by atoms with Gasteiger partial charge in [0, 0.05) is 47.6 Å². The molecule has 1 N–H and O–H groups in total. The van der Waals surface area contributed by atoms with E-state index in [0.717, 1.165) is 37.0 Å². The van der Waals surface area contributed by atoms with Gasteiger partial charge in [-0.15, -0.1) is 0 Å². The maximum absolute atomic E-state index is 13.0. The topological polar surface area (TPSA) is 36.1 Å². The van der Waals surface area contributed by atoms with Gasteiger partial charge in [0.25, 0.3) is 0 Å². The number of halogens is 1. The van der Waals surface area contributed by atoms with E-state index in [1.165, 1.54) is 17.4 Å². The highest BCUT2D eigenvalue weighted by Crippen LogP contribution is 2.34. The molecule has 1 atom stereocenters. The van der Waals surface area contributed by atoms with Crippen LogP contribution in [0.4, 0.5) is 0 Å². The van der Waals surface area contributed by atoms with Crippen molar-refractivity contribution in [1.29, 1.82) is 0 Å². The molecule has 4 rings (SSSR count). The molecule has 134 valence electrons. The molecule has 1 fully saturated rings. The summed E-state index contributed by atoms with van der Waals surface area (Å²) >= 11 is 6.08. The lowest BCUT2D eigenvalue weighted by Crippen LogP contribution is -2.36. The summed E-state index contributed by atoms with van der Waals surface area (Å²) in [6.07, 6.45) is 6.00. The Morgan fingerprint density at radius 3 is 2.54 bits per heavy atom. The van der Waals surface area contributed by atoms with Gasteiger partial charge >= 0.3 is 0 Å². The van der Waals surface area contributed by atoms with Crippen molar-refractivity contribution in [2.24, 2.45) is 0 Å². The van der Waals surface area contributed by atoms with Crippen molar-refractivity contribution in [3.8, 4) is 0 Å². The van der Waals surface area contributed by atoms with Gasteiger partial charge < -0.3 is 9.88 Å². The van der Waals surface area contributed by atoms with E-state index >= 15 is 0 Å². The number of hydrogen-bond donors (Lipinski definition) is 1. The lowest BCUT2D eigenvalue weighted by atomic mass is 9.87. The van der Waals surface area contributed by atoms with Crippen molar-refractivity contribution in [3.63, 3.8) is 0 Å². The number of benzene rings is 2. The standard InChI is InChI=1S/C22H23ClN2O/c23-17-10-8-16(9-11-17)19(14-22(26)25-12-4-1-5-13-25)20-15-24-21-7-3-2-6-18(20)21/h2-3,6-11,15,19,24H,1,4-5,12-14H2. The Bertz CT molecular complexity index is 894. The highest BCUT2D eigenvalue weighted by atomic mass is 35.5. The van der Waals surface area contributed by atoms with Crippen LogP contribution in [-0.4, -0.2) is 28.9 Å². The summed E-state index contributed by atoms with van der Waals surface area (Å²) in [6, 6.07) is 16.2. The van der Waals surface area contributed by atoms with Crippen molar-refractivity contribution >= 4 is 28.4 Å². The fraction of sp³-hybridized carbons (Fsp3) is 0.318. The van der Waals surface area contributed by atoms with Crippen molar-refractivity contribution in [2.45, 2.75) is 31.6 Å². The number of carbonyl (C=O) groups excluding carboxylic acids is 1. The zero-order valence-electron chi connectivity index (χ0n) is 14.7. The molecule has 0 spiro atoms. The second-order valence-corrected chi connectivity index (χ2v) is 7.48. The van der Waals surface area contributed by atoms with E-state index in [1.807, 2.05) is 47.5 Å². The summed E-state index contributed by atoms with van der Waals surface area (Å²) in [7, 11) is 0. The number of nitrogens with zero attached hydrogens (tertiary/aromatic N) is 1. The summed E-state index contributed by atoms with van der Waals surface area (Å²) in [5.74, 6) is 0.271. The molecule has 26 heavy (non-hydrogen) atoms. The number of rotatable bonds is 4. The van der Waals surface area contributed by atoms with Crippen molar-refractivity contribution in [3.05, 3.63) is 70.9 Å². The van der Waals surface area contributed by atoms with Crippen LogP contribution >= 0.6 is 11.6 Å². The monoisotopic (exact) mass is 366 g/mol. The normalized spacial score (nSPS) is 16.0. The Hall–Kier alpha value is -2.26. The van der Waals surface area contributed by atoms with Gasteiger partial charge in [0.15, 0.2) is 0 Å². The zero-order chi connectivity index (χ0) is 17.9. The van der Waals surface area contributed by atoms with E-state index in [2.05, 4.69) is 17.1 Å². The molecule has 0 aliphatic carbocycles. The van der Waals surface area contributed by atoms with E-state index in [1.54, 1.807) is 0 Å². The van der Waals surface area contributed by atoms with Crippen LogP contribution in [0.25, 0.3) is 10.9 Å². The predicted octanol–water partition coefficient (Wildman–Crippen LogP) is 5.36. The molecule has 3 aromatic rings. The van der Waals surface area contributed by atoms with E-state index in [9.17, 15) is 4.79 Å². The second-order valence-electron chi connectivity index (χ2n) is 7.04. The van der Waals surface area contributed by atoms with Gasteiger partial charge in [0.1, 0.15) is 0 Å². The van der Waals surface area contributed by atoms with Gasteiger partial charge in [-0.05, 0) is 48.6 Å². The highest BCUT2D eigenvalue weighted by Gasteiger charge is 2.25. The fourth-order valence-corrected chi connectivity index (χ4v) is 4.06. The minimum Gasteiger partial charge on any atom is -0.361 e. The molecule has 2 heterocycles. The molecule has 0 saturated carbocycles. The first-order valence-electron chi connectivity index (χ1n) is 9.31. The summed E-state index contributed by atoms with van der Waals surface area (Å²) < 4.78 is 0. The molecule has 0 radical (unpaired) electrons. The number of hydrogen-bond acceptors (Lipinski definition) is 1. The first kappa shape index (κ1) is 17.2. The first-order valence-corrected chi connectivity index (χ1v) is 9.69. The van der Waals surface area contributed by atoms with Crippen LogP contribution in [0.5, 0.6) is 0 Å². The summed E-state index contributed by atoms with van der Waals surface area (Å²) in [4.78, 5) is 18.4. The number of amides is 1. The van der Waals surface area contributed by atoms with Gasteiger partial charge in [-0.25, -0.2) is 0 Å². The predicted molar refractivity (Wildman–Crippen MR) is 107 cm³/mol. The number of H-pyrrole nitrogens is 1. The molecule has 1 unspecified atom stereocenters. The molecule has 2 aromatic carbocycles. The van der Waals surface area contributed by atoms with Crippen molar-refractivity contribution in [1.82, 2.24) is 9.88 Å². The highest BCUT2D eigenvalue weighted by molar-refractivity contribution is 6.30. The van der Waals surface area contributed by atoms with Crippen LogP contribution in [0, 0.1) is 0 Å². The Morgan fingerprint density at radius 2 is 1.77 bits per heavy atom. The molecular weight excluding hydrogens is 344 g/mol. The zero-order valence-corrected chi connectivity index (χ0v) is 15.5. The van der Waals surface area contributed by atoms with E-state index in [0.29, 0.717) is 11.4 Å². The number of piperidine rings is 1. The molecule has 1 aliphatic rings. The Labute approximate surface area is 159 Å². The maximum atomic E-state index is 13.0. The number of para-hydroxylation sites is 1. The number of carbonyl (C=O) groups is 1. The summed E-state index contributed by atoms with van der Waals surface area (Å²) in [5, 5.41) is 1.90. The molecule has 3 nitrogen and oxygen atoms in total. The average Bonchev–Trinajstić information content (AvgIpc) is 3.11. The number of likely N-dealkylation sites (tertiary alicyclic amines) is 1. The molecule has 0 bridgehead atoms. The lowest BCUT2D eigenvalue weighted by Gasteiger charge is -2.28. The molecule has 1 aromatic heterocycles. The van der Waals surface area contributed by atoms with Gasteiger partial charge in [-0.3, -0.25) is 4.79 Å². The van der Waals surface area contributed by atoms with Crippen LogP contribution in [0.1, 0.15) is 42.7 Å².